The number of benzene rings is 1. The second-order valence-electron chi connectivity index (χ2n) is 4.78. The Bertz CT molecular complexity index is 465. The van der Waals surface area contributed by atoms with E-state index in [1.807, 2.05) is 23.1 Å². The van der Waals surface area contributed by atoms with Gasteiger partial charge in [-0.1, -0.05) is 15.9 Å². The lowest BCUT2D eigenvalue weighted by Crippen LogP contribution is -2.33. The van der Waals surface area contributed by atoms with E-state index in [1.54, 1.807) is 6.92 Å². The van der Waals surface area contributed by atoms with Crippen LogP contribution in [0.2, 0.25) is 0 Å². The molecule has 1 amide bonds. The van der Waals surface area contributed by atoms with Gasteiger partial charge in [-0.2, -0.15) is 0 Å². The second-order valence-corrected chi connectivity index (χ2v) is 5.69. The zero-order valence-electron chi connectivity index (χ0n) is 11.1. The van der Waals surface area contributed by atoms with Gasteiger partial charge in [0.05, 0.1) is 6.61 Å². The summed E-state index contributed by atoms with van der Waals surface area (Å²) < 4.78 is 0.973. The highest BCUT2D eigenvalue weighted by Crippen LogP contribution is 2.25. The molecule has 2 rings (SSSR count). The van der Waals surface area contributed by atoms with E-state index in [4.69, 9.17) is 0 Å². The summed E-state index contributed by atoms with van der Waals surface area (Å²) in [4.78, 5) is 15.6. The van der Waals surface area contributed by atoms with Gasteiger partial charge in [-0.15, -0.1) is 0 Å². The highest BCUT2D eigenvalue weighted by atomic mass is 79.9. The minimum absolute atomic E-state index is 0.0295. The van der Waals surface area contributed by atoms with Crippen LogP contribution in [0.4, 0.5) is 5.69 Å². The summed E-state index contributed by atoms with van der Waals surface area (Å²) in [5, 5.41) is 9.47. The molecule has 0 atom stereocenters. The molecule has 4 nitrogen and oxygen atoms in total. The maximum atomic E-state index is 11.4. The van der Waals surface area contributed by atoms with Crippen LogP contribution < -0.4 is 4.90 Å². The fourth-order valence-corrected chi connectivity index (χ4v) is 2.87. The van der Waals surface area contributed by atoms with Crippen LogP contribution in [0.1, 0.15) is 18.9 Å². The molecule has 1 N–H and O–H groups in total. The molecule has 0 saturated carbocycles. The van der Waals surface area contributed by atoms with Crippen molar-refractivity contribution in [3.05, 3.63) is 28.2 Å². The average molecular weight is 327 g/mol. The van der Waals surface area contributed by atoms with E-state index in [1.165, 1.54) is 0 Å². The van der Waals surface area contributed by atoms with E-state index in [2.05, 4.69) is 20.8 Å². The Morgan fingerprint density at radius 2 is 2.11 bits per heavy atom. The van der Waals surface area contributed by atoms with Gasteiger partial charge < -0.3 is 14.9 Å². The van der Waals surface area contributed by atoms with E-state index >= 15 is 0 Å². The third kappa shape index (κ3) is 3.48. The number of aliphatic hydroxyl groups is 1. The summed E-state index contributed by atoms with van der Waals surface area (Å²) in [6.07, 6.45) is 0.959. The van der Waals surface area contributed by atoms with Crippen LogP contribution >= 0.6 is 15.9 Å². The summed E-state index contributed by atoms with van der Waals surface area (Å²) in [7, 11) is 0. The summed E-state index contributed by atoms with van der Waals surface area (Å²) in [5.74, 6) is 0.139. The molecule has 1 aromatic rings. The molecule has 0 aromatic heterocycles. The van der Waals surface area contributed by atoms with E-state index < -0.39 is 0 Å². The number of aliphatic hydroxyl groups excluding tert-OH is 1. The van der Waals surface area contributed by atoms with Crippen molar-refractivity contribution in [1.29, 1.82) is 0 Å². The van der Waals surface area contributed by atoms with Crippen molar-refractivity contribution in [2.75, 3.05) is 31.1 Å². The topological polar surface area (TPSA) is 43.8 Å². The lowest BCUT2D eigenvalue weighted by atomic mass is 10.1. The fourth-order valence-electron chi connectivity index (χ4n) is 2.46. The zero-order chi connectivity index (χ0) is 13.8. The number of amides is 1. The number of hydrogen-bond acceptors (Lipinski definition) is 3. The quantitative estimate of drug-likeness (QED) is 0.904. The number of carbonyl (C=O) groups is 1. The molecule has 5 heteroatoms. The molecule has 104 valence electrons. The van der Waals surface area contributed by atoms with Crippen LogP contribution in [-0.4, -0.2) is 42.1 Å². The third-order valence-corrected chi connectivity index (χ3v) is 3.99. The highest BCUT2D eigenvalue weighted by molar-refractivity contribution is 9.10. The van der Waals surface area contributed by atoms with Gasteiger partial charge in [0.1, 0.15) is 0 Å². The summed E-state index contributed by atoms with van der Waals surface area (Å²) in [6, 6.07) is 5.96. The number of hydrogen-bond donors (Lipinski definition) is 1. The van der Waals surface area contributed by atoms with Crippen molar-refractivity contribution in [1.82, 2.24) is 4.90 Å². The molecule has 0 aliphatic carbocycles. The van der Waals surface area contributed by atoms with Crippen LogP contribution in [-0.2, 0) is 11.4 Å². The minimum Gasteiger partial charge on any atom is -0.392 e. The SMILES string of the molecule is CC(=O)N1CCCN(c2ccc(Br)cc2CO)CC1. The smallest absolute Gasteiger partial charge is 0.219 e. The molecule has 1 saturated heterocycles. The first kappa shape index (κ1) is 14.3. The van der Waals surface area contributed by atoms with Gasteiger partial charge in [-0.3, -0.25) is 4.79 Å². The van der Waals surface area contributed by atoms with Crippen LogP contribution in [0, 0.1) is 0 Å². The predicted octanol–water partition coefficient (Wildman–Crippen LogP) is 2.00. The molecular formula is C14H19BrN2O2. The molecule has 1 aliphatic heterocycles. The molecule has 1 heterocycles. The van der Waals surface area contributed by atoms with Crippen molar-refractivity contribution in [3.8, 4) is 0 Å². The molecule has 0 radical (unpaired) electrons. The maximum Gasteiger partial charge on any atom is 0.219 e. The van der Waals surface area contributed by atoms with E-state index in [-0.39, 0.29) is 12.5 Å². The monoisotopic (exact) mass is 326 g/mol. The van der Waals surface area contributed by atoms with Gasteiger partial charge in [-0.25, -0.2) is 0 Å². The van der Waals surface area contributed by atoms with E-state index in [0.717, 1.165) is 48.3 Å². The molecule has 0 unspecified atom stereocenters. The first-order valence-electron chi connectivity index (χ1n) is 6.51. The van der Waals surface area contributed by atoms with Crippen LogP contribution in [0.5, 0.6) is 0 Å². The maximum absolute atomic E-state index is 11.4. The van der Waals surface area contributed by atoms with Gasteiger partial charge in [-0.05, 0) is 24.6 Å². The van der Waals surface area contributed by atoms with Crippen molar-refractivity contribution >= 4 is 27.5 Å². The number of anilines is 1. The van der Waals surface area contributed by atoms with Crippen LogP contribution in [0.3, 0.4) is 0 Å². The van der Waals surface area contributed by atoms with E-state index in [9.17, 15) is 9.90 Å². The summed E-state index contributed by atoms with van der Waals surface area (Å²) in [6.45, 7) is 4.94. The Morgan fingerprint density at radius 1 is 1.32 bits per heavy atom. The first-order valence-corrected chi connectivity index (χ1v) is 7.31. The third-order valence-electron chi connectivity index (χ3n) is 3.49. The average Bonchev–Trinajstić information content (AvgIpc) is 2.64. The Balaban J connectivity index is 2.16. The molecule has 1 aromatic carbocycles. The van der Waals surface area contributed by atoms with Crippen molar-refractivity contribution in [2.45, 2.75) is 20.0 Å². The molecular weight excluding hydrogens is 308 g/mol. The standard InChI is InChI=1S/C14H19BrN2O2/c1-11(19)16-5-2-6-17(8-7-16)14-4-3-13(15)9-12(14)10-18/h3-4,9,18H,2,5-8,10H2,1H3. The summed E-state index contributed by atoms with van der Waals surface area (Å²) in [5.41, 5.74) is 1.99. The normalized spacial score (nSPS) is 16.4. The number of carbonyl (C=O) groups excluding carboxylic acids is 1. The summed E-state index contributed by atoms with van der Waals surface area (Å²) >= 11 is 3.42. The molecule has 0 spiro atoms. The molecule has 0 bridgehead atoms. The van der Waals surface area contributed by atoms with Crippen molar-refractivity contribution in [2.24, 2.45) is 0 Å². The lowest BCUT2D eigenvalue weighted by Gasteiger charge is -2.25. The Morgan fingerprint density at radius 3 is 2.79 bits per heavy atom. The molecule has 1 aliphatic rings. The van der Waals surface area contributed by atoms with Crippen LogP contribution in [0.15, 0.2) is 22.7 Å². The zero-order valence-corrected chi connectivity index (χ0v) is 12.7. The van der Waals surface area contributed by atoms with Crippen LogP contribution in [0.25, 0.3) is 0 Å². The lowest BCUT2D eigenvalue weighted by molar-refractivity contribution is -0.128. The van der Waals surface area contributed by atoms with Gasteiger partial charge in [0, 0.05) is 48.8 Å². The van der Waals surface area contributed by atoms with Crippen molar-refractivity contribution < 1.29 is 9.90 Å². The minimum atomic E-state index is 0.0295. The Kier molecular flexibility index (Phi) is 4.82. The number of rotatable bonds is 2. The number of nitrogens with zero attached hydrogens (tertiary/aromatic N) is 2. The Hall–Kier alpha value is -1.07. The largest absolute Gasteiger partial charge is 0.392 e. The van der Waals surface area contributed by atoms with Crippen molar-refractivity contribution in [3.63, 3.8) is 0 Å². The highest BCUT2D eigenvalue weighted by Gasteiger charge is 2.18. The predicted molar refractivity (Wildman–Crippen MR) is 79.1 cm³/mol. The molecule has 19 heavy (non-hydrogen) atoms. The Labute approximate surface area is 122 Å². The van der Waals surface area contributed by atoms with Gasteiger partial charge >= 0.3 is 0 Å². The van der Waals surface area contributed by atoms with Gasteiger partial charge in [0.25, 0.3) is 0 Å². The second kappa shape index (κ2) is 6.39. The van der Waals surface area contributed by atoms with E-state index in [0.29, 0.717) is 0 Å². The fraction of sp³-hybridized carbons (Fsp3) is 0.500. The van der Waals surface area contributed by atoms with Gasteiger partial charge in [0.15, 0.2) is 0 Å². The first-order chi connectivity index (χ1) is 9.11. The molecule has 1 fully saturated rings. The van der Waals surface area contributed by atoms with Gasteiger partial charge in [0.2, 0.25) is 5.91 Å². The number of halogens is 1.